The third-order valence-corrected chi connectivity index (χ3v) is 3.55. The number of likely N-dealkylation sites (tertiary alicyclic amines) is 1. The summed E-state index contributed by atoms with van der Waals surface area (Å²) < 4.78 is 0. The lowest BCUT2D eigenvalue weighted by Gasteiger charge is -2.14. The molecule has 3 N–H and O–H groups in total. The van der Waals surface area contributed by atoms with Crippen LogP contribution in [0.3, 0.4) is 0 Å². The van der Waals surface area contributed by atoms with E-state index in [1.165, 1.54) is 11.0 Å². The van der Waals surface area contributed by atoms with E-state index in [1.54, 1.807) is 26.0 Å². The Morgan fingerprint density at radius 2 is 1.90 bits per heavy atom. The Kier molecular flexibility index (Phi) is 3.80. The van der Waals surface area contributed by atoms with Crippen LogP contribution in [0, 0.1) is 11.8 Å². The number of carbonyl (C=O) groups excluding carboxylic acids is 3. The molecule has 1 fully saturated rings. The van der Waals surface area contributed by atoms with Gasteiger partial charge in [-0.2, -0.15) is 0 Å². The Morgan fingerprint density at radius 1 is 1.30 bits per heavy atom. The van der Waals surface area contributed by atoms with Crippen LogP contribution in [0.25, 0.3) is 0 Å². The van der Waals surface area contributed by atoms with E-state index in [-0.39, 0.29) is 35.9 Å². The summed E-state index contributed by atoms with van der Waals surface area (Å²) in [4.78, 5) is 40.6. The minimum atomic E-state index is -0.521. The molecule has 1 saturated heterocycles. The highest BCUT2D eigenvalue weighted by Crippen LogP contribution is 2.26. The molecule has 0 saturated carbocycles. The zero-order valence-electron chi connectivity index (χ0n) is 11.3. The number of nitrogen functional groups attached to an aromatic ring is 1. The molecule has 0 aliphatic carbocycles. The number of hydrazine groups is 1. The van der Waals surface area contributed by atoms with Crippen molar-refractivity contribution < 1.29 is 14.4 Å². The van der Waals surface area contributed by atoms with Crippen LogP contribution in [-0.2, 0) is 16.1 Å². The van der Waals surface area contributed by atoms with Gasteiger partial charge >= 0.3 is 0 Å². The first-order chi connectivity index (χ1) is 9.45. The first kappa shape index (κ1) is 14.1. The van der Waals surface area contributed by atoms with Gasteiger partial charge in [-0.25, -0.2) is 10.8 Å². The number of pyridine rings is 1. The summed E-state index contributed by atoms with van der Waals surface area (Å²) in [5.74, 6) is 3.46. The molecule has 7 nitrogen and oxygen atoms in total. The highest BCUT2D eigenvalue weighted by atomic mass is 16.2. The first-order valence-corrected chi connectivity index (χ1v) is 6.27. The Labute approximate surface area is 116 Å². The number of amides is 3. The predicted molar refractivity (Wildman–Crippen MR) is 69.8 cm³/mol. The maximum Gasteiger partial charge on any atom is 0.283 e. The normalized spacial score (nSPS) is 22.2. The minimum absolute atomic E-state index is 0.0675. The largest absolute Gasteiger partial charge is 0.289 e. The number of nitrogens with zero attached hydrogens (tertiary/aromatic N) is 2. The van der Waals surface area contributed by atoms with Gasteiger partial charge in [-0.1, -0.05) is 19.9 Å². The number of carbonyl (C=O) groups is 3. The smallest absolute Gasteiger partial charge is 0.283 e. The van der Waals surface area contributed by atoms with Gasteiger partial charge in [0.05, 0.1) is 12.2 Å². The molecular formula is C13H16N4O3. The van der Waals surface area contributed by atoms with Crippen molar-refractivity contribution in [3.8, 4) is 0 Å². The lowest BCUT2D eigenvalue weighted by molar-refractivity contribution is -0.140. The van der Waals surface area contributed by atoms with Gasteiger partial charge in [-0.15, -0.1) is 0 Å². The standard InChI is InChI=1S/C13H16N4O3/c1-7-8(2)13(20)17(12(7)19)6-9-4-3-5-10(15-9)11(18)16-14/h3-5,7-8H,6,14H2,1-2H3,(H,16,18). The van der Waals surface area contributed by atoms with Crippen molar-refractivity contribution in [2.75, 3.05) is 0 Å². The van der Waals surface area contributed by atoms with Crippen LogP contribution in [-0.4, -0.2) is 27.6 Å². The molecule has 106 valence electrons. The second kappa shape index (κ2) is 5.38. The van der Waals surface area contributed by atoms with E-state index in [2.05, 4.69) is 4.98 Å². The monoisotopic (exact) mass is 276 g/mol. The second-order valence-electron chi connectivity index (χ2n) is 4.83. The fraction of sp³-hybridized carbons (Fsp3) is 0.385. The molecule has 0 aromatic carbocycles. The molecule has 2 heterocycles. The zero-order chi connectivity index (χ0) is 14.9. The van der Waals surface area contributed by atoms with Gasteiger partial charge in [0, 0.05) is 11.8 Å². The second-order valence-corrected chi connectivity index (χ2v) is 4.83. The molecule has 0 bridgehead atoms. The van der Waals surface area contributed by atoms with Crippen molar-refractivity contribution in [3.63, 3.8) is 0 Å². The van der Waals surface area contributed by atoms with Crippen molar-refractivity contribution in [1.29, 1.82) is 0 Å². The van der Waals surface area contributed by atoms with Crippen LogP contribution in [0.15, 0.2) is 18.2 Å². The molecule has 1 aromatic rings. The molecule has 2 unspecified atom stereocenters. The molecule has 2 rings (SSSR count). The number of rotatable bonds is 3. The fourth-order valence-corrected chi connectivity index (χ4v) is 2.11. The molecule has 2 atom stereocenters. The molecule has 20 heavy (non-hydrogen) atoms. The van der Waals surface area contributed by atoms with Crippen molar-refractivity contribution in [1.82, 2.24) is 15.3 Å². The summed E-state index contributed by atoms with van der Waals surface area (Å²) in [5, 5.41) is 0. The lowest BCUT2D eigenvalue weighted by Crippen LogP contribution is -2.32. The summed E-state index contributed by atoms with van der Waals surface area (Å²) in [6.45, 7) is 3.53. The first-order valence-electron chi connectivity index (χ1n) is 6.27. The summed E-state index contributed by atoms with van der Waals surface area (Å²) in [6.07, 6.45) is 0. The summed E-state index contributed by atoms with van der Waals surface area (Å²) in [7, 11) is 0. The Balaban J connectivity index is 2.20. The number of hydrogen-bond donors (Lipinski definition) is 2. The zero-order valence-corrected chi connectivity index (χ0v) is 11.3. The maximum absolute atomic E-state index is 12.0. The predicted octanol–water partition coefficient (Wildman–Crippen LogP) is -0.174. The third-order valence-electron chi connectivity index (χ3n) is 3.55. The highest BCUT2D eigenvalue weighted by Gasteiger charge is 2.42. The van der Waals surface area contributed by atoms with Crippen molar-refractivity contribution in [2.24, 2.45) is 17.7 Å². The molecule has 1 aliphatic heterocycles. The van der Waals surface area contributed by atoms with Crippen LogP contribution in [0.4, 0.5) is 0 Å². The van der Waals surface area contributed by atoms with Crippen molar-refractivity contribution in [2.45, 2.75) is 20.4 Å². The van der Waals surface area contributed by atoms with E-state index in [4.69, 9.17) is 5.84 Å². The third kappa shape index (κ3) is 2.39. The van der Waals surface area contributed by atoms with Gasteiger partial charge in [0.2, 0.25) is 11.8 Å². The van der Waals surface area contributed by atoms with Gasteiger partial charge in [0.25, 0.3) is 5.91 Å². The van der Waals surface area contributed by atoms with E-state index in [0.717, 1.165) is 0 Å². The van der Waals surface area contributed by atoms with Gasteiger partial charge in [-0.05, 0) is 12.1 Å². The average Bonchev–Trinajstić information content (AvgIpc) is 2.64. The molecule has 0 radical (unpaired) electrons. The van der Waals surface area contributed by atoms with Crippen molar-refractivity contribution in [3.05, 3.63) is 29.6 Å². The average molecular weight is 276 g/mol. The van der Waals surface area contributed by atoms with E-state index < -0.39 is 5.91 Å². The van der Waals surface area contributed by atoms with Gasteiger partial charge in [-0.3, -0.25) is 24.7 Å². The van der Waals surface area contributed by atoms with E-state index in [9.17, 15) is 14.4 Å². The van der Waals surface area contributed by atoms with E-state index in [1.807, 2.05) is 5.43 Å². The maximum atomic E-state index is 12.0. The van der Waals surface area contributed by atoms with E-state index in [0.29, 0.717) is 5.69 Å². The number of imide groups is 1. The van der Waals surface area contributed by atoms with Crippen LogP contribution >= 0.6 is 0 Å². The Hall–Kier alpha value is -2.28. The summed E-state index contributed by atoms with van der Waals surface area (Å²) in [6, 6.07) is 4.79. The molecular weight excluding hydrogens is 260 g/mol. The van der Waals surface area contributed by atoms with Crippen LogP contribution in [0.1, 0.15) is 30.0 Å². The van der Waals surface area contributed by atoms with Gasteiger partial charge < -0.3 is 0 Å². The number of aromatic nitrogens is 1. The van der Waals surface area contributed by atoms with E-state index >= 15 is 0 Å². The fourth-order valence-electron chi connectivity index (χ4n) is 2.11. The molecule has 3 amide bonds. The Morgan fingerprint density at radius 3 is 2.45 bits per heavy atom. The molecule has 1 aromatic heterocycles. The lowest BCUT2D eigenvalue weighted by atomic mass is 10.00. The highest BCUT2D eigenvalue weighted by molar-refractivity contribution is 6.04. The summed E-state index contributed by atoms with van der Waals surface area (Å²) >= 11 is 0. The summed E-state index contributed by atoms with van der Waals surface area (Å²) in [5.41, 5.74) is 2.60. The van der Waals surface area contributed by atoms with Crippen LogP contribution in [0.5, 0.6) is 0 Å². The van der Waals surface area contributed by atoms with Gasteiger partial charge in [0.15, 0.2) is 0 Å². The van der Waals surface area contributed by atoms with Crippen molar-refractivity contribution >= 4 is 17.7 Å². The van der Waals surface area contributed by atoms with Gasteiger partial charge in [0.1, 0.15) is 5.69 Å². The molecule has 1 aliphatic rings. The number of hydrogen-bond acceptors (Lipinski definition) is 5. The number of nitrogens with two attached hydrogens (primary N) is 1. The minimum Gasteiger partial charge on any atom is -0.289 e. The van der Waals surface area contributed by atoms with Crippen LogP contribution in [0.2, 0.25) is 0 Å². The van der Waals surface area contributed by atoms with Crippen LogP contribution < -0.4 is 11.3 Å². The number of nitrogens with one attached hydrogen (secondary N) is 1. The quantitative estimate of drug-likeness (QED) is 0.345. The topological polar surface area (TPSA) is 105 Å². The molecule has 7 heteroatoms. The molecule has 0 spiro atoms. The Bertz CT molecular complexity index is 552. The SMILES string of the molecule is CC1C(=O)N(Cc2cccc(C(=O)NN)n2)C(=O)C1C.